The zero-order valence-electron chi connectivity index (χ0n) is 22.0. The first-order valence-electron chi connectivity index (χ1n) is 14.7. The lowest BCUT2D eigenvalue weighted by molar-refractivity contribution is -0.108. The molecule has 8 atom stereocenters. The Morgan fingerprint density at radius 1 is 1.16 bits per heavy atom. The molecule has 3 N–H and O–H groups in total. The quantitative estimate of drug-likeness (QED) is 0.360. The Kier molecular flexibility index (Phi) is 5.09. The number of rotatable bonds is 8. The molecule has 5 saturated carbocycles. The highest BCUT2D eigenvalue weighted by Crippen LogP contribution is 2.90. The van der Waals surface area contributed by atoms with Crippen molar-refractivity contribution in [2.75, 3.05) is 18.4 Å². The molecule has 2 aromatic heterocycles. The zero-order chi connectivity index (χ0) is 25.6. The number of amides is 2. The number of carbonyl (C=O) groups is 1. The standard InChI is InChI=1S/C29H36BClN6O/c30-20-15-34-37-24(12-22(35-25(20)37)19-5-1-2-6-21(19)31)32-7-3-4-8-33-27(38)36-26-28-13-17(28)9-16-10-18-14-29(18,26)23(28)11-16/h1-2,6,12,15-19,23,26,32H,3-5,7-11,13-14,30H2,(H2,33,36,38)/t16-,17-,18+,19?,23?,26?,28?,29?. The molecule has 198 valence electrons. The number of carbonyl (C=O) groups excluding carboxylic acids is 1. The number of urea groups is 1. The second-order valence-corrected chi connectivity index (χ2v) is 13.5. The number of fused-ring (bicyclic) bond motifs is 2. The summed E-state index contributed by atoms with van der Waals surface area (Å²) < 4.78 is 1.88. The molecule has 0 aliphatic heterocycles. The molecule has 0 saturated heterocycles. The smallest absolute Gasteiger partial charge is 0.315 e. The molecule has 8 rings (SSSR count). The number of aromatic nitrogens is 3. The van der Waals surface area contributed by atoms with E-state index in [2.05, 4.69) is 33.2 Å². The summed E-state index contributed by atoms with van der Waals surface area (Å²) in [5, 5.41) is 15.5. The van der Waals surface area contributed by atoms with E-state index in [0.29, 0.717) is 23.4 Å². The Labute approximate surface area is 229 Å². The van der Waals surface area contributed by atoms with Crippen LogP contribution in [-0.2, 0) is 0 Å². The summed E-state index contributed by atoms with van der Waals surface area (Å²) >= 11 is 6.53. The fourth-order valence-electron chi connectivity index (χ4n) is 9.45. The van der Waals surface area contributed by atoms with Crippen LogP contribution in [0.25, 0.3) is 5.65 Å². The van der Waals surface area contributed by atoms with Gasteiger partial charge in [-0.2, -0.15) is 9.61 Å². The van der Waals surface area contributed by atoms with E-state index in [-0.39, 0.29) is 11.9 Å². The van der Waals surface area contributed by atoms with Crippen LogP contribution in [0.1, 0.15) is 63.0 Å². The van der Waals surface area contributed by atoms with E-state index in [1.165, 1.54) is 32.1 Å². The van der Waals surface area contributed by atoms with E-state index in [1.807, 2.05) is 30.7 Å². The molecule has 6 aliphatic rings. The lowest BCUT2D eigenvalue weighted by Crippen LogP contribution is -2.68. The first-order chi connectivity index (χ1) is 18.5. The molecule has 2 spiro atoms. The third-order valence-electron chi connectivity index (χ3n) is 11.2. The van der Waals surface area contributed by atoms with Crippen molar-refractivity contribution in [3.63, 3.8) is 0 Å². The Morgan fingerprint density at radius 2 is 1.95 bits per heavy atom. The molecule has 2 amide bonds. The summed E-state index contributed by atoms with van der Waals surface area (Å²) in [5.41, 5.74) is 3.85. The Hall–Kier alpha value is -2.48. The molecule has 2 aromatic rings. The minimum absolute atomic E-state index is 0.0492. The van der Waals surface area contributed by atoms with Crippen LogP contribution in [0.4, 0.5) is 10.6 Å². The number of nitrogens with zero attached hydrogens (tertiary/aromatic N) is 3. The minimum atomic E-state index is 0.0492. The molecule has 9 heteroatoms. The number of hydrogen-bond acceptors (Lipinski definition) is 4. The average Bonchev–Trinajstić information content (AvgIpc) is 3.80. The lowest BCUT2D eigenvalue weighted by atomic mass is 9.45. The van der Waals surface area contributed by atoms with Gasteiger partial charge in [0.2, 0.25) is 0 Å². The first-order valence-corrected chi connectivity index (χ1v) is 15.0. The molecular formula is C29H36BClN6O. The summed E-state index contributed by atoms with van der Waals surface area (Å²) in [6.07, 6.45) is 17.7. The molecule has 5 unspecified atom stereocenters. The second kappa shape index (κ2) is 8.26. The fourth-order valence-corrected chi connectivity index (χ4v) is 9.73. The van der Waals surface area contributed by atoms with Gasteiger partial charge in [0.25, 0.3) is 0 Å². The van der Waals surface area contributed by atoms with Crippen LogP contribution >= 0.6 is 11.6 Å². The van der Waals surface area contributed by atoms with Crippen LogP contribution in [0.2, 0.25) is 0 Å². The summed E-state index contributed by atoms with van der Waals surface area (Å²) in [7, 11) is 2.03. The average molecular weight is 531 g/mol. The summed E-state index contributed by atoms with van der Waals surface area (Å²) in [4.78, 5) is 17.7. The molecular weight excluding hydrogens is 495 g/mol. The van der Waals surface area contributed by atoms with Gasteiger partial charge < -0.3 is 16.0 Å². The van der Waals surface area contributed by atoms with Crippen molar-refractivity contribution in [2.24, 2.45) is 34.5 Å². The zero-order valence-corrected chi connectivity index (χ0v) is 22.8. The molecule has 0 radical (unpaired) electrons. The molecule has 5 fully saturated rings. The van der Waals surface area contributed by atoms with Gasteiger partial charge in [0.15, 0.2) is 5.65 Å². The van der Waals surface area contributed by atoms with E-state index >= 15 is 0 Å². The topological polar surface area (TPSA) is 83.3 Å². The number of unbranched alkanes of at least 4 members (excludes halogenated alkanes) is 1. The highest BCUT2D eigenvalue weighted by Gasteiger charge is 2.88. The van der Waals surface area contributed by atoms with Crippen LogP contribution in [0.5, 0.6) is 0 Å². The third-order valence-corrected chi connectivity index (χ3v) is 11.6. The summed E-state index contributed by atoms with van der Waals surface area (Å²) in [6.45, 7) is 1.50. The third kappa shape index (κ3) is 3.25. The number of allylic oxidation sites excluding steroid dienone is 4. The maximum absolute atomic E-state index is 12.9. The number of nitrogens with one attached hydrogen (secondary N) is 3. The van der Waals surface area contributed by atoms with Gasteiger partial charge in [0.1, 0.15) is 13.7 Å². The largest absolute Gasteiger partial charge is 0.370 e. The van der Waals surface area contributed by atoms with E-state index in [0.717, 1.165) is 77.1 Å². The van der Waals surface area contributed by atoms with Gasteiger partial charge in [-0.1, -0.05) is 23.8 Å². The molecule has 2 heterocycles. The van der Waals surface area contributed by atoms with Crippen molar-refractivity contribution < 1.29 is 4.79 Å². The normalized spacial score (nSPS) is 38.9. The molecule has 7 nitrogen and oxygen atoms in total. The first kappa shape index (κ1) is 23.4. The van der Waals surface area contributed by atoms with Crippen molar-refractivity contribution in [3.05, 3.63) is 41.2 Å². The maximum Gasteiger partial charge on any atom is 0.315 e. The van der Waals surface area contributed by atoms with Crippen molar-refractivity contribution in [1.82, 2.24) is 25.2 Å². The highest BCUT2D eigenvalue weighted by atomic mass is 35.5. The van der Waals surface area contributed by atoms with Crippen LogP contribution < -0.4 is 21.4 Å². The molecule has 6 aliphatic carbocycles. The van der Waals surface area contributed by atoms with Gasteiger partial charge in [-0.05, 0) is 97.4 Å². The Morgan fingerprint density at radius 3 is 2.74 bits per heavy atom. The van der Waals surface area contributed by atoms with E-state index < -0.39 is 0 Å². The van der Waals surface area contributed by atoms with Crippen LogP contribution in [-0.4, -0.2) is 47.6 Å². The van der Waals surface area contributed by atoms with Crippen molar-refractivity contribution in [1.29, 1.82) is 0 Å². The second-order valence-electron chi connectivity index (χ2n) is 13.0. The number of halogens is 1. The van der Waals surface area contributed by atoms with Crippen LogP contribution in [0.3, 0.4) is 0 Å². The van der Waals surface area contributed by atoms with E-state index in [1.54, 1.807) is 0 Å². The van der Waals surface area contributed by atoms with Gasteiger partial charge in [0.05, 0.1) is 5.69 Å². The van der Waals surface area contributed by atoms with E-state index in [4.69, 9.17) is 16.6 Å². The SMILES string of the molecule is Bc1cnn2c(NCCCCNC(=O)NC3C45C[C@H]4C[C@H]4CC5C35C[C@@H]5C4)cc(C3CC=CC=C3Cl)nc12. The van der Waals surface area contributed by atoms with Gasteiger partial charge in [-0.3, -0.25) is 0 Å². The lowest BCUT2D eigenvalue weighted by Gasteiger charge is -2.61. The van der Waals surface area contributed by atoms with Crippen molar-refractivity contribution >= 4 is 42.4 Å². The van der Waals surface area contributed by atoms with Crippen molar-refractivity contribution in [2.45, 2.75) is 63.3 Å². The van der Waals surface area contributed by atoms with Crippen LogP contribution in [0, 0.1) is 34.5 Å². The monoisotopic (exact) mass is 530 g/mol. The van der Waals surface area contributed by atoms with Crippen LogP contribution in [0.15, 0.2) is 35.5 Å². The molecule has 2 bridgehead atoms. The summed E-state index contributed by atoms with van der Waals surface area (Å²) in [5.74, 6) is 4.73. The molecule has 0 aromatic carbocycles. The fraction of sp³-hybridized carbons (Fsp3) is 0.621. The highest BCUT2D eigenvalue weighted by molar-refractivity contribution is 6.36. The van der Waals surface area contributed by atoms with Gasteiger partial charge in [-0.15, -0.1) is 0 Å². The Balaban J connectivity index is 0.844. The van der Waals surface area contributed by atoms with Crippen molar-refractivity contribution in [3.8, 4) is 0 Å². The number of anilines is 1. The van der Waals surface area contributed by atoms with Gasteiger partial charge in [-0.25, -0.2) is 9.78 Å². The number of hydrogen-bond donors (Lipinski definition) is 3. The van der Waals surface area contributed by atoms with E-state index in [9.17, 15) is 4.79 Å². The predicted octanol–water partition coefficient (Wildman–Crippen LogP) is 3.47. The molecule has 38 heavy (non-hydrogen) atoms. The van der Waals surface area contributed by atoms with Gasteiger partial charge >= 0.3 is 6.03 Å². The van der Waals surface area contributed by atoms with Gasteiger partial charge in [0, 0.05) is 42.3 Å². The minimum Gasteiger partial charge on any atom is -0.370 e. The summed E-state index contributed by atoms with van der Waals surface area (Å²) in [6, 6.07) is 2.57. The Bertz CT molecular complexity index is 1360. The maximum atomic E-state index is 12.9. The predicted molar refractivity (Wildman–Crippen MR) is 152 cm³/mol.